The number of hydrogen-bond donors (Lipinski definition) is 2. The zero-order valence-electron chi connectivity index (χ0n) is 16.1. The molecule has 5 heteroatoms. The van der Waals surface area contributed by atoms with Crippen LogP contribution in [0.2, 0.25) is 0 Å². The molecule has 26 heavy (non-hydrogen) atoms. The number of amides is 1. The Kier molecular flexibility index (Phi) is 4.51. The molecule has 0 saturated heterocycles. The van der Waals surface area contributed by atoms with Gasteiger partial charge in [0.25, 0.3) is 11.5 Å². The molecule has 1 saturated carbocycles. The maximum Gasteiger partial charge on any atom is 0.270 e. The van der Waals surface area contributed by atoms with Crippen molar-refractivity contribution in [1.82, 2.24) is 15.3 Å². The molecule has 1 atom stereocenters. The lowest BCUT2D eigenvalue weighted by Gasteiger charge is -2.26. The number of rotatable bonds is 4. The van der Waals surface area contributed by atoms with Crippen molar-refractivity contribution < 1.29 is 4.79 Å². The second-order valence-electron chi connectivity index (χ2n) is 8.65. The van der Waals surface area contributed by atoms with Gasteiger partial charge in [-0.3, -0.25) is 9.59 Å². The van der Waals surface area contributed by atoms with Crippen molar-refractivity contribution in [3.8, 4) is 0 Å². The summed E-state index contributed by atoms with van der Waals surface area (Å²) >= 11 is 0. The minimum absolute atomic E-state index is 0.0507. The second kappa shape index (κ2) is 6.38. The summed E-state index contributed by atoms with van der Waals surface area (Å²) < 4.78 is 0. The summed E-state index contributed by atoms with van der Waals surface area (Å²) in [7, 11) is 0. The molecule has 1 fully saturated rings. The Balaban J connectivity index is 1.88. The lowest BCUT2D eigenvalue weighted by Crippen LogP contribution is -2.34. The normalized spacial score (nSPS) is 16.8. The number of benzene rings is 1. The SMILES string of the molecule is Cc1nc(C(=O)N[C@@H](c2ccc(C(C)(C)C)cc2)C2(C)CC2)cc(=O)[nH]1. The van der Waals surface area contributed by atoms with Crippen LogP contribution in [0, 0.1) is 12.3 Å². The van der Waals surface area contributed by atoms with Crippen LogP contribution < -0.4 is 10.9 Å². The van der Waals surface area contributed by atoms with Gasteiger partial charge < -0.3 is 10.3 Å². The van der Waals surface area contributed by atoms with E-state index in [1.807, 2.05) is 0 Å². The molecule has 3 rings (SSSR count). The predicted molar refractivity (Wildman–Crippen MR) is 102 cm³/mol. The van der Waals surface area contributed by atoms with Crippen LogP contribution in [0.4, 0.5) is 0 Å². The lowest BCUT2D eigenvalue weighted by atomic mass is 9.84. The smallest absolute Gasteiger partial charge is 0.270 e. The maximum atomic E-state index is 12.7. The Labute approximate surface area is 154 Å². The van der Waals surface area contributed by atoms with Gasteiger partial charge in [0, 0.05) is 6.07 Å². The number of carbonyl (C=O) groups excluding carboxylic acids is 1. The Morgan fingerprint density at radius 3 is 2.35 bits per heavy atom. The molecule has 5 nitrogen and oxygen atoms in total. The summed E-state index contributed by atoms with van der Waals surface area (Å²) in [6.45, 7) is 10.4. The number of hydrogen-bond acceptors (Lipinski definition) is 3. The van der Waals surface area contributed by atoms with Gasteiger partial charge in [-0.2, -0.15) is 0 Å². The highest BCUT2D eigenvalue weighted by Crippen LogP contribution is 2.54. The molecule has 2 N–H and O–H groups in total. The van der Waals surface area contributed by atoms with E-state index in [1.54, 1.807) is 6.92 Å². The number of H-pyrrole nitrogens is 1. The highest BCUT2D eigenvalue weighted by molar-refractivity contribution is 5.92. The van der Waals surface area contributed by atoms with Gasteiger partial charge in [-0.25, -0.2) is 4.98 Å². The Bertz CT molecular complexity index is 871. The number of nitrogens with zero attached hydrogens (tertiary/aromatic N) is 1. The van der Waals surface area contributed by atoms with Crippen molar-refractivity contribution in [2.45, 2.75) is 58.9 Å². The van der Waals surface area contributed by atoms with E-state index in [2.05, 4.69) is 67.2 Å². The summed E-state index contributed by atoms with van der Waals surface area (Å²) in [5.74, 6) is 0.128. The average molecular weight is 353 g/mol. The number of aromatic amines is 1. The van der Waals surface area contributed by atoms with E-state index < -0.39 is 0 Å². The summed E-state index contributed by atoms with van der Waals surface area (Å²) in [5.41, 5.74) is 2.34. The number of nitrogens with one attached hydrogen (secondary N) is 2. The molecule has 0 unspecified atom stereocenters. The average Bonchev–Trinajstić information content (AvgIpc) is 3.29. The minimum Gasteiger partial charge on any atom is -0.343 e. The van der Waals surface area contributed by atoms with E-state index in [4.69, 9.17) is 0 Å². The molecular weight excluding hydrogens is 326 g/mol. The standard InChI is InChI=1S/C21H27N3O2/c1-13-22-16(12-17(25)23-13)19(26)24-18(21(5)10-11-21)14-6-8-15(9-7-14)20(2,3)4/h6-9,12,18H,10-11H2,1-5H3,(H,24,26)(H,22,23,25)/t18-/m0/s1. The van der Waals surface area contributed by atoms with E-state index in [-0.39, 0.29) is 34.0 Å². The molecule has 0 aliphatic heterocycles. The quantitative estimate of drug-likeness (QED) is 0.881. The van der Waals surface area contributed by atoms with Crippen LogP contribution in [0.15, 0.2) is 35.1 Å². The predicted octanol–water partition coefficient (Wildman–Crippen LogP) is 3.65. The largest absolute Gasteiger partial charge is 0.343 e. The van der Waals surface area contributed by atoms with E-state index >= 15 is 0 Å². The third-order valence-electron chi connectivity index (χ3n) is 5.21. The van der Waals surface area contributed by atoms with Crippen molar-refractivity contribution in [2.24, 2.45) is 5.41 Å². The molecule has 1 heterocycles. The first-order valence-corrected chi connectivity index (χ1v) is 9.08. The fraction of sp³-hybridized carbons (Fsp3) is 0.476. The molecular formula is C21H27N3O2. The topological polar surface area (TPSA) is 74.8 Å². The molecule has 0 radical (unpaired) electrons. The third-order valence-corrected chi connectivity index (χ3v) is 5.21. The van der Waals surface area contributed by atoms with Gasteiger partial charge in [0.2, 0.25) is 0 Å². The lowest BCUT2D eigenvalue weighted by molar-refractivity contribution is 0.0913. The molecule has 1 aromatic heterocycles. The molecule has 1 aromatic carbocycles. The van der Waals surface area contributed by atoms with Crippen molar-refractivity contribution >= 4 is 5.91 Å². The molecule has 0 spiro atoms. The molecule has 2 aromatic rings. The fourth-order valence-corrected chi connectivity index (χ4v) is 3.22. The van der Waals surface area contributed by atoms with Crippen molar-refractivity contribution in [3.63, 3.8) is 0 Å². The minimum atomic E-state index is -0.314. The molecule has 138 valence electrons. The highest BCUT2D eigenvalue weighted by Gasteiger charge is 2.46. The van der Waals surface area contributed by atoms with Crippen LogP contribution >= 0.6 is 0 Å². The van der Waals surface area contributed by atoms with Crippen molar-refractivity contribution in [3.05, 3.63) is 63.3 Å². The van der Waals surface area contributed by atoms with Crippen molar-refractivity contribution in [2.75, 3.05) is 0 Å². The summed E-state index contributed by atoms with van der Waals surface area (Å²) in [6.07, 6.45) is 2.14. The number of aromatic nitrogens is 2. The Hall–Kier alpha value is -2.43. The molecule has 1 aliphatic carbocycles. The molecule has 1 amide bonds. The summed E-state index contributed by atoms with van der Waals surface area (Å²) in [6, 6.07) is 9.63. The fourth-order valence-electron chi connectivity index (χ4n) is 3.22. The van der Waals surface area contributed by atoms with Crippen LogP contribution in [0.5, 0.6) is 0 Å². The maximum absolute atomic E-state index is 12.7. The van der Waals surface area contributed by atoms with E-state index in [0.717, 1.165) is 18.4 Å². The second-order valence-corrected chi connectivity index (χ2v) is 8.65. The van der Waals surface area contributed by atoms with Gasteiger partial charge >= 0.3 is 0 Å². The van der Waals surface area contributed by atoms with Gasteiger partial charge in [0.1, 0.15) is 11.5 Å². The first-order chi connectivity index (χ1) is 12.1. The highest BCUT2D eigenvalue weighted by atomic mass is 16.2. The van der Waals surface area contributed by atoms with Gasteiger partial charge in [0.15, 0.2) is 0 Å². The van der Waals surface area contributed by atoms with Gasteiger partial charge in [0.05, 0.1) is 6.04 Å². The zero-order valence-corrected chi connectivity index (χ0v) is 16.1. The monoisotopic (exact) mass is 353 g/mol. The van der Waals surface area contributed by atoms with Crippen LogP contribution in [-0.4, -0.2) is 15.9 Å². The summed E-state index contributed by atoms with van der Waals surface area (Å²) in [4.78, 5) is 31.1. The van der Waals surface area contributed by atoms with Crippen LogP contribution in [-0.2, 0) is 5.41 Å². The molecule has 0 bridgehead atoms. The zero-order chi connectivity index (χ0) is 19.1. The number of aryl methyl sites for hydroxylation is 1. The summed E-state index contributed by atoms with van der Waals surface area (Å²) in [5, 5.41) is 3.11. The van der Waals surface area contributed by atoms with Crippen molar-refractivity contribution in [1.29, 1.82) is 0 Å². The van der Waals surface area contributed by atoms with Crippen LogP contribution in [0.1, 0.15) is 74.0 Å². The van der Waals surface area contributed by atoms with E-state index in [1.165, 1.54) is 11.6 Å². The number of carbonyl (C=O) groups is 1. The van der Waals surface area contributed by atoms with Crippen LogP contribution in [0.25, 0.3) is 0 Å². The Morgan fingerprint density at radius 1 is 1.23 bits per heavy atom. The van der Waals surface area contributed by atoms with Gasteiger partial charge in [-0.05, 0) is 41.7 Å². The first-order valence-electron chi connectivity index (χ1n) is 9.08. The first kappa shape index (κ1) is 18.4. The van der Waals surface area contributed by atoms with Crippen LogP contribution in [0.3, 0.4) is 0 Å². The van der Waals surface area contributed by atoms with Gasteiger partial charge in [-0.1, -0.05) is 52.0 Å². The third kappa shape index (κ3) is 3.87. The molecule has 1 aliphatic rings. The van der Waals surface area contributed by atoms with E-state index in [0.29, 0.717) is 5.82 Å². The van der Waals surface area contributed by atoms with Gasteiger partial charge in [-0.15, -0.1) is 0 Å². The van der Waals surface area contributed by atoms with E-state index in [9.17, 15) is 9.59 Å². The Morgan fingerprint density at radius 2 is 1.85 bits per heavy atom.